The molecule has 0 bridgehead atoms. The summed E-state index contributed by atoms with van der Waals surface area (Å²) in [4.78, 5) is 28.3. The van der Waals surface area contributed by atoms with Crippen molar-refractivity contribution in [3.05, 3.63) is 94.4 Å². The molecule has 8 heteroatoms. The zero-order valence-electron chi connectivity index (χ0n) is 17.6. The van der Waals surface area contributed by atoms with E-state index in [0.717, 1.165) is 11.3 Å². The van der Waals surface area contributed by atoms with E-state index in [0.29, 0.717) is 27.1 Å². The Kier molecular flexibility index (Phi) is 6.75. The Morgan fingerprint density at radius 1 is 1.06 bits per heavy atom. The number of hydrogen-bond acceptors (Lipinski definition) is 7. The van der Waals surface area contributed by atoms with E-state index in [2.05, 4.69) is 10.3 Å². The molecule has 1 aliphatic heterocycles. The van der Waals surface area contributed by atoms with Crippen LogP contribution in [0.2, 0.25) is 0 Å². The fourth-order valence-corrected chi connectivity index (χ4v) is 3.94. The van der Waals surface area contributed by atoms with Gasteiger partial charge in [0.2, 0.25) is 0 Å². The number of carbonyl (C=O) groups excluding carboxylic acids is 2. The van der Waals surface area contributed by atoms with Crippen molar-refractivity contribution in [2.45, 2.75) is 6.61 Å². The van der Waals surface area contributed by atoms with Crippen molar-refractivity contribution in [2.75, 3.05) is 7.11 Å². The van der Waals surface area contributed by atoms with Gasteiger partial charge < -0.3 is 24.7 Å². The van der Waals surface area contributed by atoms with Crippen LogP contribution in [0.4, 0.5) is 5.69 Å². The van der Waals surface area contributed by atoms with Crippen molar-refractivity contribution in [1.29, 1.82) is 0 Å². The summed E-state index contributed by atoms with van der Waals surface area (Å²) >= 11 is 1.26. The molecule has 166 valence electrons. The quantitative estimate of drug-likeness (QED) is 0.543. The highest BCUT2D eigenvalue weighted by molar-refractivity contribution is 8.18. The highest BCUT2D eigenvalue weighted by Crippen LogP contribution is 2.32. The van der Waals surface area contributed by atoms with E-state index in [-0.39, 0.29) is 18.1 Å². The summed E-state index contributed by atoms with van der Waals surface area (Å²) in [6.07, 6.45) is 1.75. The number of carboxylic acids is 1. The molecule has 3 aromatic carbocycles. The number of ether oxygens (including phenoxy) is 2. The minimum absolute atomic E-state index is 0.0903. The lowest BCUT2D eigenvalue weighted by molar-refractivity contribution is -0.255. The van der Waals surface area contributed by atoms with Crippen molar-refractivity contribution in [2.24, 2.45) is 4.99 Å². The number of hydrogen-bond donors (Lipinski definition) is 1. The molecule has 0 spiro atoms. The maximum Gasteiger partial charge on any atom is 0.264 e. The molecule has 1 amide bonds. The van der Waals surface area contributed by atoms with Gasteiger partial charge >= 0.3 is 0 Å². The van der Waals surface area contributed by atoms with Crippen LogP contribution in [0.3, 0.4) is 0 Å². The lowest BCUT2D eigenvalue weighted by atomic mass is 10.1. The van der Waals surface area contributed by atoms with Crippen molar-refractivity contribution in [3.8, 4) is 11.5 Å². The van der Waals surface area contributed by atoms with Gasteiger partial charge in [0.25, 0.3) is 5.91 Å². The van der Waals surface area contributed by atoms with Gasteiger partial charge in [-0.1, -0.05) is 42.5 Å². The number of rotatable bonds is 7. The van der Waals surface area contributed by atoms with Crippen molar-refractivity contribution in [3.63, 3.8) is 0 Å². The van der Waals surface area contributed by atoms with Crippen LogP contribution >= 0.6 is 11.8 Å². The number of carbonyl (C=O) groups is 2. The van der Waals surface area contributed by atoms with E-state index in [1.165, 1.54) is 31.0 Å². The lowest BCUT2D eigenvalue weighted by Crippen LogP contribution is -2.22. The first-order chi connectivity index (χ1) is 16.0. The molecular formula is C25H19N2O5S-. The molecule has 0 unspecified atom stereocenters. The molecule has 33 heavy (non-hydrogen) atoms. The molecule has 1 fully saturated rings. The number of methoxy groups -OCH3 is 1. The van der Waals surface area contributed by atoms with Gasteiger partial charge in [0, 0.05) is 0 Å². The number of carboxylic acid groups (broad SMARTS) is 1. The maximum atomic E-state index is 12.4. The molecule has 1 aliphatic rings. The van der Waals surface area contributed by atoms with Gasteiger partial charge in [-0.25, -0.2) is 4.99 Å². The van der Waals surface area contributed by atoms with E-state index in [1.54, 1.807) is 30.3 Å². The summed E-state index contributed by atoms with van der Waals surface area (Å²) in [6, 6.07) is 21.1. The van der Waals surface area contributed by atoms with Crippen molar-refractivity contribution >= 4 is 40.6 Å². The number of aromatic carboxylic acids is 1. The zero-order valence-corrected chi connectivity index (χ0v) is 18.4. The van der Waals surface area contributed by atoms with Gasteiger partial charge in [-0.3, -0.25) is 4.79 Å². The molecule has 4 rings (SSSR count). The molecule has 7 nitrogen and oxygen atoms in total. The van der Waals surface area contributed by atoms with Crippen molar-refractivity contribution < 1.29 is 24.2 Å². The fraction of sp³-hybridized carbons (Fsp3) is 0.0800. The highest BCUT2D eigenvalue weighted by Gasteiger charge is 2.24. The number of amides is 1. The van der Waals surface area contributed by atoms with Crippen LogP contribution in [-0.2, 0) is 11.4 Å². The molecule has 0 atom stereocenters. The third-order valence-corrected chi connectivity index (χ3v) is 5.59. The number of nitrogens with zero attached hydrogens (tertiary/aromatic N) is 1. The van der Waals surface area contributed by atoms with E-state index in [1.807, 2.05) is 36.4 Å². The molecule has 3 aromatic rings. The Labute approximate surface area is 194 Å². The van der Waals surface area contributed by atoms with Gasteiger partial charge in [-0.15, -0.1) is 0 Å². The predicted molar refractivity (Wildman–Crippen MR) is 125 cm³/mol. The second kappa shape index (κ2) is 10.1. The predicted octanol–water partition coefficient (Wildman–Crippen LogP) is 3.53. The van der Waals surface area contributed by atoms with E-state index in [9.17, 15) is 14.7 Å². The Balaban J connectivity index is 1.48. The average molecular weight is 460 g/mol. The molecule has 0 aliphatic carbocycles. The second-order valence-corrected chi connectivity index (χ2v) is 8.03. The first kappa shape index (κ1) is 22.2. The van der Waals surface area contributed by atoms with Gasteiger partial charge in [0.1, 0.15) is 6.61 Å². The molecule has 1 N–H and O–H groups in total. The summed E-state index contributed by atoms with van der Waals surface area (Å²) in [6.45, 7) is 0.162. The molecule has 0 radical (unpaired) electrons. The first-order valence-electron chi connectivity index (χ1n) is 9.97. The third kappa shape index (κ3) is 5.61. The van der Waals surface area contributed by atoms with E-state index >= 15 is 0 Å². The van der Waals surface area contributed by atoms with Crippen LogP contribution in [-0.4, -0.2) is 24.2 Å². The Bertz CT molecular complexity index is 1250. The number of nitrogens with one attached hydrogen (secondary N) is 1. The molecule has 0 saturated carbocycles. The molecule has 1 saturated heterocycles. The fourth-order valence-electron chi connectivity index (χ4n) is 3.09. The number of para-hydroxylation sites is 1. The second-order valence-electron chi connectivity index (χ2n) is 7.00. The summed E-state index contributed by atoms with van der Waals surface area (Å²) in [5.41, 5.74) is 2.30. The summed E-state index contributed by atoms with van der Waals surface area (Å²) in [7, 11) is 1.53. The van der Waals surface area contributed by atoms with E-state index in [4.69, 9.17) is 9.47 Å². The Hall–Kier alpha value is -4.04. The number of aliphatic imine (C=N–C) groups is 1. The van der Waals surface area contributed by atoms with Gasteiger partial charge in [0.05, 0.1) is 23.7 Å². The summed E-state index contributed by atoms with van der Waals surface area (Å²) in [5, 5.41) is 14.3. The minimum Gasteiger partial charge on any atom is -0.545 e. The average Bonchev–Trinajstić information content (AvgIpc) is 3.17. The molecular weight excluding hydrogens is 440 g/mol. The van der Waals surface area contributed by atoms with Crippen LogP contribution in [0.15, 0.2) is 82.7 Å². The third-order valence-electron chi connectivity index (χ3n) is 4.68. The van der Waals surface area contributed by atoms with Crippen LogP contribution in [0.25, 0.3) is 6.08 Å². The largest absolute Gasteiger partial charge is 0.545 e. The standard InChI is InChI=1S/C25H20N2O5S/c1-31-21-13-16(10-11-20(21)32-15-17-6-5-7-18(12-17)24(29)30)14-22-23(28)27-25(33-22)26-19-8-3-2-4-9-19/h2-14H,15H2,1H3,(H,29,30)(H,26,27,28)/p-1/b22-14+. The van der Waals surface area contributed by atoms with Crippen LogP contribution in [0.1, 0.15) is 21.5 Å². The molecule has 1 heterocycles. The number of benzene rings is 3. The Morgan fingerprint density at radius 3 is 2.64 bits per heavy atom. The first-order valence-corrected chi connectivity index (χ1v) is 10.8. The zero-order chi connectivity index (χ0) is 23.2. The smallest absolute Gasteiger partial charge is 0.264 e. The number of amidine groups is 1. The van der Waals surface area contributed by atoms with Gasteiger partial charge in [-0.2, -0.15) is 0 Å². The summed E-state index contributed by atoms with van der Waals surface area (Å²) in [5.74, 6) is -0.477. The van der Waals surface area contributed by atoms with Crippen LogP contribution in [0, 0.1) is 0 Å². The lowest BCUT2D eigenvalue weighted by Gasteiger charge is -2.12. The van der Waals surface area contributed by atoms with Gasteiger partial charge in [-0.05, 0) is 64.9 Å². The SMILES string of the molecule is COc1cc(/C=C2/SC(=Nc3ccccc3)NC2=O)ccc1OCc1cccc(C(=O)[O-])c1. The normalized spacial score (nSPS) is 15.5. The van der Waals surface area contributed by atoms with Crippen molar-refractivity contribution in [1.82, 2.24) is 5.32 Å². The van der Waals surface area contributed by atoms with Gasteiger partial charge in [0.15, 0.2) is 16.7 Å². The minimum atomic E-state index is -1.24. The number of thioether (sulfide) groups is 1. The maximum absolute atomic E-state index is 12.4. The monoisotopic (exact) mass is 459 g/mol. The highest BCUT2D eigenvalue weighted by atomic mass is 32.2. The summed E-state index contributed by atoms with van der Waals surface area (Å²) < 4.78 is 11.3. The van der Waals surface area contributed by atoms with Crippen LogP contribution < -0.4 is 19.9 Å². The topological polar surface area (TPSA) is 100 Å². The molecule has 0 aromatic heterocycles. The van der Waals surface area contributed by atoms with Crippen LogP contribution in [0.5, 0.6) is 11.5 Å². The Morgan fingerprint density at radius 2 is 1.88 bits per heavy atom. The van der Waals surface area contributed by atoms with E-state index < -0.39 is 5.97 Å².